The topological polar surface area (TPSA) is 71.4 Å². The van der Waals surface area contributed by atoms with Gasteiger partial charge in [0.05, 0.1) is 12.6 Å². The number of benzene rings is 1. The van der Waals surface area contributed by atoms with Crippen molar-refractivity contribution in [2.45, 2.75) is 63.2 Å². The maximum absolute atomic E-state index is 10.2. The Morgan fingerprint density at radius 3 is 2.75 bits per heavy atom. The molecular weight excluding hydrogens is 310 g/mol. The molecule has 5 atom stereocenters. The standard InChI is InChI=1S/C18H25NO5/c1-18(2)23-16-14(15(13(21)10-20)22-17(16)24-18)19-8-7-11-5-3-4-6-12(11)9-19/h3-6,13-17,20-21H,7-10H2,1-2H3/t13-,14+,15-,16-,17-/m1/s1. The number of rotatable bonds is 3. The lowest BCUT2D eigenvalue weighted by molar-refractivity contribution is -0.223. The van der Waals surface area contributed by atoms with Crippen LogP contribution in [0.3, 0.4) is 0 Å². The van der Waals surface area contributed by atoms with Gasteiger partial charge in [-0.25, -0.2) is 0 Å². The van der Waals surface area contributed by atoms with Crippen LogP contribution in [0.2, 0.25) is 0 Å². The van der Waals surface area contributed by atoms with E-state index < -0.39 is 24.3 Å². The van der Waals surface area contributed by atoms with Gasteiger partial charge in [0.2, 0.25) is 0 Å². The minimum atomic E-state index is -0.951. The van der Waals surface area contributed by atoms with Crippen LogP contribution in [-0.2, 0) is 27.2 Å². The van der Waals surface area contributed by atoms with Gasteiger partial charge in [-0.1, -0.05) is 24.3 Å². The van der Waals surface area contributed by atoms with Gasteiger partial charge in [0.25, 0.3) is 0 Å². The van der Waals surface area contributed by atoms with E-state index in [0.717, 1.165) is 19.5 Å². The fourth-order valence-corrected chi connectivity index (χ4v) is 4.13. The summed E-state index contributed by atoms with van der Waals surface area (Å²) in [5.41, 5.74) is 2.66. The number of hydrogen-bond donors (Lipinski definition) is 2. The van der Waals surface area contributed by atoms with Crippen molar-refractivity contribution in [1.29, 1.82) is 0 Å². The zero-order valence-corrected chi connectivity index (χ0v) is 14.1. The van der Waals surface area contributed by atoms with E-state index in [1.165, 1.54) is 11.1 Å². The predicted molar refractivity (Wildman–Crippen MR) is 86.1 cm³/mol. The van der Waals surface area contributed by atoms with Crippen LogP contribution in [0.4, 0.5) is 0 Å². The Bertz CT molecular complexity index is 607. The van der Waals surface area contributed by atoms with Gasteiger partial charge in [-0.3, -0.25) is 4.90 Å². The molecule has 0 aromatic heterocycles. The van der Waals surface area contributed by atoms with Crippen molar-refractivity contribution in [3.8, 4) is 0 Å². The van der Waals surface area contributed by atoms with Gasteiger partial charge in [-0.15, -0.1) is 0 Å². The van der Waals surface area contributed by atoms with Crippen molar-refractivity contribution >= 4 is 0 Å². The van der Waals surface area contributed by atoms with E-state index in [9.17, 15) is 10.2 Å². The number of aliphatic hydroxyl groups excluding tert-OH is 2. The van der Waals surface area contributed by atoms with E-state index in [2.05, 4.69) is 29.2 Å². The van der Waals surface area contributed by atoms with E-state index in [0.29, 0.717) is 0 Å². The summed E-state index contributed by atoms with van der Waals surface area (Å²) in [6.45, 7) is 5.05. The first-order valence-electron chi connectivity index (χ1n) is 8.59. The van der Waals surface area contributed by atoms with Crippen LogP contribution in [0.5, 0.6) is 0 Å². The van der Waals surface area contributed by atoms with Gasteiger partial charge >= 0.3 is 0 Å². The zero-order valence-electron chi connectivity index (χ0n) is 14.1. The number of aliphatic hydroxyl groups is 2. The first kappa shape index (κ1) is 16.4. The molecule has 3 heterocycles. The summed E-state index contributed by atoms with van der Waals surface area (Å²) in [6, 6.07) is 8.28. The molecule has 132 valence electrons. The van der Waals surface area contributed by atoms with Gasteiger partial charge < -0.3 is 24.4 Å². The molecule has 4 rings (SSSR count). The van der Waals surface area contributed by atoms with Gasteiger partial charge in [0.15, 0.2) is 12.1 Å². The van der Waals surface area contributed by atoms with E-state index in [1.54, 1.807) is 0 Å². The second-order valence-corrected chi connectivity index (χ2v) is 7.30. The average Bonchev–Trinajstić information content (AvgIpc) is 3.05. The molecule has 0 amide bonds. The van der Waals surface area contributed by atoms with Crippen LogP contribution >= 0.6 is 0 Å². The normalized spacial score (nSPS) is 36.3. The van der Waals surface area contributed by atoms with Crippen LogP contribution in [0, 0.1) is 0 Å². The Labute approximate surface area is 141 Å². The Kier molecular flexibility index (Phi) is 4.15. The lowest BCUT2D eigenvalue weighted by atomic mass is 9.94. The average molecular weight is 335 g/mol. The molecule has 3 aliphatic heterocycles. The molecule has 0 bridgehead atoms. The second-order valence-electron chi connectivity index (χ2n) is 7.30. The molecular formula is C18H25NO5. The molecule has 6 heteroatoms. The molecule has 6 nitrogen and oxygen atoms in total. The molecule has 2 fully saturated rings. The molecule has 1 aromatic rings. The van der Waals surface area contributed by atoms with Crippen molar-refractivity contribution in [3.63, 3.8) is 0 Å². The van der Waals surface area contributed by atoms with Crippen LogP contribution in [0.1, 0.15) is 25.0 Å². The first-order chi connectivity index (χ1) is 11.5. The smallest absolute Gasteiger partial charge is 0.189 e. The summed E-state index contributed by atoms with van der Waals surface area (Å²) in [4.78, 5) is 2.29. The lowest BCUT2D eigenvalue weighted by Gasteiger charge is -2.39. The summed E-state index contributed by atoms with van der Waals surface area (Å²) in [5.74, 6) is -0.698. The summed E-state index contributed by atoms with van der Waals surface area (Å²) in [6.07, 6.45) is -1.29. The van der Waals surface area contributed by atoms with Crippen molar-refractivity contribution in [2.75, 3.05) is 13.2 Å². The maximum Gasteiger partial charge on any atom is 0.189 e. The van der Waals surface area contributed by atoms with E-state index in [-0.39, 0.29) is 18.8 Å². The van der Waals surface area contributed by atoms with E-state index in [1.807, 2.05) is 13.8 Å². The number of ether oxygens (including phenoxy) is 3. The summed E-state index contributed by atoms with van der Waals surface area (Å²) >= 11 is 0. The van der Waals surface area contributed by atoms with Gasteiger partial charge in [0.1, 0.15) is 18.3 Å². The highest BCUT2D eigenvalue weighted by molar-refractivity contribution is 5.29. The van der Waals surface area contributed by atoms with E-state index in [4.69, 9.17) is 14.2 Å². The molecule has 0 radical (unpaired) electrons. The molecule has 3 aliphatic rings. The van der Waals surface area contributed by atoms with Gasteiger partial charge in [-0.05, 0) is 31.4 Å². The second kappa shape index (κ2) is 6.05. The SMILES string of the molecule is CC1(C)O[C@H]2O[C@H]([C@H](O)CO)[C@H](N3CCc4ccccc4C3)[C@H]2O1. The minimum absolute atomic E-state index is 0.146. The Balaban J connectivity index is 1.60. The fraction of sp³-hybridized carbons (Fsp3) is 0.667. The largest absolute Gasteiger partial charge is 0.394 e. The predicted octanol–water partition coefficient (Wildman–Crippen LogP) is 0.643. The van der Waals surface area contributed by atoms with Crippen molar-refractivity contribution < 1.29 is 24.4 Å². The van der Waals surface area contributed by atoms with Crippen LogP contribution in [0.15, 0.2) is 24.3 Å². The maximum atomic E-state index is 10.2. The Morgan fingerprint density at radius 2 is 2.00 bits per heavy atom. The van der Waals surface area contributed by atoms with Crippen LogP contribution in [0.25, 0.3) is 0 Å². The highest BCUT2D eigenvalue weighted by Crippen LogP contribution is 2.41. The lowest BCUT2D eigenvalue weighted by Crippen LogP contribution is -2.53. The monoisotopic (exact) mass is 335 g/mol. The number of fused-ring (bicyclic) bond motifs is 2. The van der Waals surface area contributed by atoms with Gasteiger partial charge in [0, 0.05) is 13.1 Å². The third kappa shape index (κ3) is 2.77. The molecule has 0 saturated carbocycles. The third-order valence-electron chi connectivity index (χ3n) is 5.20. The highest BCUT2D eigenvalue weighted by atomic mass is 16.8. The molecule has 24 heavy (non-hydrogen) atoms. The fourth-order valence-electron chi connectivity index (χ4n) is 4.13. The van der Waals surface area contributed by atoms with Crippen molar-refractivity contribution in [2.24, 2.45) is 0 Å². The summed E-state index contributed by atoms with van der Waals surface area (Å²) < 4.78 is 17.8. The molecule has 1 aromatic carbocycles. The van der Waals surface area contributed by atoms with Crippen molar-refractivity contribution in [1.82, 2.24) is 4.90 Å². The first-order valence-corrected chi connectivity index (χ1v) is 8.59. The molecule has 0 unspecified atom stereocenters. The van der Waals surface area contributed by atoms with Crippen molar-refractivity contribution in [3.05, 3.63) is 35.4 Å². The van der Waals surface area contributed by atoms with E-state index >= 15 is 0 Å². The summed E-state index contributed by atoms with van der Waals surface area (Å²) in [5, 5.41) is 19.6. The quantitative estimate of drug-likeness (QED) is 0.845. The number of nitrogens with zero attached hydrogens (tertiary/aromatic N) is 1. The molecule has 2 saturated heterocycles. The summed E-state index contributed by atoms with van der Waals surface area (Å²) in [7, 11) is 0. The molecule has 0 spiro atoms. The zero-order chi connectivity index (χ0) is 16.9. The Morgan fingerprint density at radius 1 is 1.25 bits per heavy atom. The third-order valence-corrected chi connectivity index (χ3v) is 5.20. The highest BCUT2D eigenvalue weighted by Gasteiger charge is 2.58. The Hall–Kier alpha value is -1.02. The molecule has 2 N–H and O–H groups in total. The van der Waals surface area contributed by atoms with Crippen LogP contribution < -0.4 is 0 Å². The van der Waals surface area contributed by atoms with Crippen LogP contribution in [-0.4, -0.2) is 64.7 Å². The minimum Gasteiger partial charge on any atom is -0.394 e. The van der Waals surface area contributed by atoms with Gasteiger partial charge in [-0.2, -0.15) is 0 Å². The molecule has 0 aliphatic carbocycles. The number of hydrogen-bond acceptors (Lipinski definition) is 6.